The molecule has 0 saturated heterocycles. The van der Waals surface area contributed by atoms with E-state index in [-0.39, 0.29) is 11.4 Å². The molecule has 1 heterocycles. The molecule has 14 heavy (non-hydrogen) atoms. The number of benzene rings is 1. The Morgan fingerprint density at radius 1 is 1.43 bits per heavy atom. The number of anilines is 1. The number of hydrogen-bond acceptors (Lipinski definition) is 4. The fourth-order valence-electron chi connectivity index (χ4n) is 1.17. The van der Waals surface area contributed by atoms with Crippen molar-refractivity contribution in [3.63, 3.8) is 0 Å². The molecule has 1 aromatic carbocycles. The van der Waals surface area contributed by atoms with Crippen molar-refractivity contribution in [2.45, 2.75) is 0 Å². The van der Waals surface area contributed by atoms with Gasteiger partial charge in [0.1, 0.15) is 5.58 Å². The standard InChI is InChI=1S/C9H6BrNO3/c10-4-1-2-5-6(3-4)14-9(13)7(11)8(5)12/h1-3,12H,11H2. The van der Waals surface area contributed by atoms with Crippen LogP contribution in [-0.2, 0) is 0 Å². The van der Waals surface area contributed by atoms with Crippen LogP contribution in [0.15, 0.2) is 31.9 Å². The van der Waals surface area contributed by atoms with Crippen molar-refractivity contribution in [3.8, 4) is 5.75 Å². The summed E-state index contributed by atoms with van der Waals surface area (Å²) in [5.74, 6) is -0.233. The number of nitrogen functional groups attached to an aromatic ring is 1. The lowest BCUT2D eigenvalue weighted by Gasteiger charge is -2.01. The van der Waals surface area contributed by atoms with Gasteiger partial charge in [0.2, 0.25) is 0 Å². The minimum atomic E-state index is -0.729. The minimum Gasteiger partial charge on any atom is -0.505 e. The molecule has 0 aliphatic carbocycles. The second-order valence-corrected chi connectivity index (χ2v) is 3.71. The maximum atomic E-state index is 11.1. The van der Waals surface area contributed by atoms with E-state index in [1.165, 1.54) is 0 Å². The maximum absolute atomic E-state index is 11.1. The molecule has 5 heteroatoms. The molecule has 0 bridgehead atoms. The second-order valence-electron chi connectivity index (χ2n) is 2.79. The van der Waals surface area contributed by atoms with Crippen LogP contribution in [-0.4, -0.2) is 5.11 Å². The third kappa shape index (κ3) is 1.26. The van der Waals surface area contributed by atoms with Crippen LogP contribution in [0.1, 0.15) is 0 Å². The van der Waals surface area contributed by atoms with Crippen LogP contribution >= 0.6 is 15.9 Å². The summed E-state index contributed by atoms with van der Waals surface area (Å²) in [5.41, 5.74) is 4.63. The Morgan fingerprint density at radius 2 is 2.14 bits per heavy atom. The van der Waals surface area contributed by atoms with E-state index in [0.717, 1.165) is 4.47 Å². The van der Waals surface area contributed by atoms with Gasteiger partial charge in [0.25, 0.3) is 0 Å². The largest absolute Gasteiger partial charge is 0.505 e. The number of rotatable bonds is 0. The molecule has 2 aromatic rings. The van der Waals surface area contributed by atoms with E-state index < -0.39 is 5.63 Å². The van der Waals surface area contributed by atoms with Crippen LogP contribution in [0.3, 0.4) is 0 Å². The molecule has 0 unspecified atom stereocenters. The van der Waals surface area contributed by atoms with Crippen molar-refractivity contribution in [1.82, 2.24) is 0 Å². The average Bonchev–Trinajstić information content (AvgIpc) is 2.14. The van der Waals surface area contributed by atoms with Crippen molar-refractivity contribution in [2.75, 3.05) is 5.73 Å². The third-order valence-corrected chi connectivity index (χ3v) is 2.37. The zero-order valence-corrected chi connectivity index (χ0v) is 8.54. The van der Waals surface area contributed by atoms with Crippen LogP contribution < -0.4 is 11.4 Å². The Hall–Kier alpha value is -1.49. The van der Waals surface area contributed by atoms with Gasteiger partial charge in [0, 0.05) is 4.47 Å². The number of hydrogen-bond donors (Lipinski definition) is 2. The molecular weight excluding hydrogens is 250 g/mol. The molecule has 72 valence electrons. The Labute approximate surface area is 87.1 Å². The summed E-state index contributed by atoms with van der Waals surface area (Å²) in [6.07, 6.45) is 0. The Balaban J connectivity index is 2.98. The van der Waals surface area contributed by atoms with Gasteiger partial charge < -0.3 is 15.3 Å². The third-order valence-electron chi connectivity index (χ3n) is 1.88. The van der Waals surface area contributed by atoms with Crippen molar-refractivity contribution in [2.24, 2.45) is 0 Å². The van der Waals surface area contributed by atoms with Crippen molar-refractivity contribution in [3.05, 3.63) is 33.1 Å². The van der Waals surface area contributed by atoms with Gasteiger partial charge >= 0.3 is 5.63 Å². The highest BCUT2D eigenvalue weighted by molar-refractivity contribution is 9.10. The average molecular weight is 256 g/mol. The van der Waals surface area contributed by atoms with Gasteiger partial charge in [-0.25, -0.2) is 4.79 Å². The fourth-order valence-corrected chi connectivity index (χ4v) is 1.51. The van der Waals surface area contributed by atoms with Crippen molar-refractivity contribution >= 4 is 32.6 Å². The molecule has 0 saturated carbocycles. The molecule has 0 amide bonds. The zero-order valence-electron chi connectivity index (χ0n) is 6.95. The van der Waals surface area contributed by atoms with E-state index >= 15 is 0 Å². The molecule has 2 rings (SSSR count). The van der Waals surface area contributed by atoms with Crippen LogP contribution in [0.4, 0.5) is 5.69 Å². The van der Waals surface area contributed by atoms with Gasteiger partial charge in [-0.2, -0.15) is 0 Å². The highest BCUT2D eigenvalue weighted by atomic mass is 79.9. The lowest BCUT2D eigenvalue weighted by molar-refractivity contribution is 0.472. The summed E-state index contributed by atoms with van der Waals surface area (Å²) in [7, 11) is 0. The van der Waals surface area contributed by atoms with Crippen LogP contribution in [0.2, 0.25) is 0 Å². The summed E-state index contributed by atoms with van der Waals surface area (Å²) in [6.45, 7) is 0. The Bertz CT molecular complexity index is 562. The number of nitrogens with two attached hydrogens (primary N) is 1. The SMILES string of the molecule is Nc1c(O)c2ccc(Br)cc2oc1=O. The monoisotopic (exact) mass is 255 g/mol. The molecule has 4 nitrogen and oxygen atoms in total. The molecule has 0 aliphatic rings. The van der Waals surface area contributed by atoms with Gasteiger partial charge in [-0.1, -0.05) is 15.9 Å². The zero-order chi connectivity index (χ0) is 10.3. The highest BCUT2D eigenvalue weighted by Gasteiger charge is 2.10. The van der Waals surface area contributed by atoms with E-state index in [0.29, 0.717) is 11.0 Å². The van der Waals surface area contributed by atoms with Crippen LogP contribution in [0.25, 0.3) is 11.0 Å². The lowest BCUT2D eigenvalue weighted by atomic mass is 10.2. The first kappa shape index (κ1) is 9.08. The predicted molar refractivity (Wildman–Crippen MR) is 56.3 cm³/mol. The second kappa shape index (κ2) is 3.02. The first-order chi connectivity index (χ1) is 6.59. The quantitative estimate of drug-likeness (QED) is 0.705. The topological polar surface area (TPSA) is 76.5 Å². The van der Waals surface area contributed by atoms with Gasteiger partial charge in [-0.3, -0.25) is 0 Å². The number of aromatic hydroxyl groups is 1. The Morgan fingerprint density at radius 3 is 2.86 bits per heavy atom. The van der Waals surface area contributed by atoms with E-state index in [1.807, 2.05) is 0 Å². The molecule has 0 spiro atoms. The first-order valence-electron chi connectivity index (χ1n) is 3.80. The van der Waals surface area contributed by atoms with Gasteiger partial charge in [0.05, 0.1) is 5.39 Å². The number of halogens is 1. The van der Waals surface area contributed by atoms with Gasteiger partial charge in [-0.05, 0) is 18.2 Å². The summed E-state index contributed by atoms with van der Waals surface area (Å²) < 4.78 is 5.64. The molecular formula is C9H6BrNO3. The summed E-state index contributed by atoms with van der Waals surface area (Å²) in [4.78, 5) is 11.1. The summed E-state index contributed by atoms with van der Waals surface area (Å²) in [5, 5.41) is 9.95. The summed E-state index contributed by atoms with van der Waals surface area (Å²) >= 11 is 3.23. The van der Waals surface area contributed by atoms with E-state index in [1.54, 1.807) is 18.2 Å². The van der Waals surface area contributed by atoms with Crippen LogP contribution in [0.5, 0.6) is 5.75 Å². The van der Waals surface area contributed by atoms with E-state index in [2.05, 4.69) is 15.9 Å². The molecule has 3 N–H and O–H groups in total. The fraction of sp³-hybridized carbons (Fsp3) is 0. The smallest absolute Gasteiger partial charge is 0.363 e. The maximum Gasteiger partial charge on any atom is 0.363 e. The molecule has 0 fully saturated rings. The lowest BCUT2D eigenvalue weighted by Crippen LogP contribution is -2.06. The van der Waals surface area contributed by atoms with Gasteiger partial charge in [-0.15, -0.1) is 0 Å². The van der Waals surface area contributed by atoms with Crippen molar-refractivity contribution in [1.29, 1.82) is 0 Å². The molecule has 1 aromatic heterocycles. The summed E-state index contributed by atoms with van der Waals surface area (Å²) in [6, 6.07) is 4.94. The molecule has 0 atom stereocenters. The molecule has 0 radical (unpaired) electrons. The molecule has 0 aliphatic heterocycles. The van der Waals surface area contributed by atoms with Crippen LogP contribution in [0, 0.1) is 0 Å². The van der Waals surface area contributed by atoms with Gasteiger partial charge in [0.15, 0.2) is 11.4 Å². The highest BCUT2D eigenvalue weighted by Crippen LogP contribution is 2.29. The van der Waals surface area contributed by atoms with E-state index in [4.69, 9.17) is 10.2 Å². The minimum absolute atomic E-state index is 0.233. The normalized spacial score (nSPS) is 10.6. The first-order valence-corrected chi connectivity index (χ1v) is 4.59. The van der Waals surface area contributed by atoms with E-state index in [9.17, 15) is 9.90 Å². The van der Waals surface area contributed by atoms with Crippen molar-refractivity contribution < 1.29 is 9.52 Å². The predicted octanol–water partition coefficient (Wildman–Crippen LogP) is 1.84. The Kier molecular flexibility index (Phi) is 1.96. The number of fused-ring (bicyclic) bond motifs is 1.